The number of carbonyl (C=O) groups excluding carboxylic acids is 1. The molecule has 3 nitrogen and oxygen atoms in total. The summed E-state index contributed by atoms with van der Waals surface area (Å²) in [4.78, 5) is 12.0. The number of anilines is 1. The first kappa shape index (κ1) is 13.1. The topological polar surface area (TPSA) is 49.3 Å². The number of rotatable bonds is 2. The van der Waals surface area contributed by atoms with E-state index >= 15 is 0 Å². The average Bonchev–Trinajstić information content (AvgIpc) is 2.36. The molecule has 0 aromatic heterocycles. The van der Waals surface area contributed by atoms with Gasteiger partial charge in [0.05, 0.1) is 0 Å². The summed E-state index contributed by atoms with van der Waals surface area (Å²) in [6, 6.07) is 8.85. The third-order valence-electron chi connectivity index (χ3n) is 2.91. The summed E-state index contributed by atoms with van der Waals surface area (Å²) >= 11 is 0. The van der Waals surface area contributed by atoms with Crippen LogP contribution in [0.4, 0.5) is 10.1 Å². The van der Waals surface area contributed by atoms with Crippen molar-refractivity contribution in [2.45, 2.75) is 13.8 Å². The summed E-state index contributed by atoms with van der Waals surface area (Å²) in [7, 11) is 0. The van der Waals surface area contributed by atoms with Crippen LogP contribution >= 0.6 is 0 Å². The van der Waals surface area contributed by atoms with Crippen LogP contribution in [0.15, 0.2) is 36.4 Å². The Balaban J connectivity index is 2.23. The first-order valence-electron chi connectivity index (χ1n) is 5.84. The highest BCUT2D eigenvalue weighted by Gasteiger charge is 2.09. The molecule has 0 aliphatic heterocycles. The number of hydrogen-bond acceptors (Lipinski definition) is 2. The molecular formula is C15H14FNO2. The Morgan fingerprint density at radius 1 is 1.11 bits per heavy atom. The molecule has 2 aromatic carbocycles. The molecule has 0 spiro atoms. The Labute approximate surface area is 110 Å². The van der Waals surface area contributed by atoms with E-state index < -0.39 is 0 Å². The van der Waals surface area contributed by atoms with E-state index in [1.165, 1.54) is 24.3 Å². The number of benzene rings is 2. The van der Waals surface area contributed by atoms with E-state index in [0.29, 0.717) is 22.4 Å². The van der Waals surface area contributed by atoms with Crippen LogP contribution in [0.3, 0.4) is 0 Å². The maximum atomic E-state index is 13.0. The van der Waals surface area contributed by atoms with Crippen LogP contribution in [0.5, 0.6) is 5.75 Å². The van der Waals surface area contributed by atoms with E-state index in [9.17, 15) is 14.3 Å². The second-order valence-corrected chi connectivity index (χ2v) is 4.41. The molecule has 0 radical (unpaired) electrons. The molecule has 0 aliphatic carbocycles. The van der Waals surface area contributed by atoms with Crippen molar-refractivity contribution in [1.82, 2.24) is 0 Å². The molecule has 0 bridgehead atoms. The molecule has 0 atom stereocenters. The zero-order chi connectivity index (χ0) is 14.0. The van der Waals surface area contributed by atoms with Crippen LogP contribution in [0, 0.1) is 19.7 Å². The third-order valence-corrected chi connectivity index (χ3v) is 2.91. The number of phenolic OH excluding ortho intramolecular Hbond substituents is 1. The lowest BCUT2D eigenvalue weighted by Gasteiger charge is -2.09. The monoisotopic (exact) mass is 259 g/mol. The molecule has 2 N–H and O–H groups in total. The number of nitrogens with one attached hydrogen (secondary N) is 1. The van der Waals surface area contributed by atoms with Gasteiger partial charge in [-0.25, -0.2) is 4.39 Å². The van der Waals surface area contributed by atoms with Gasteiger partial charge in [0.25, 0.3) is 5.91 Å². The van der Waals surface area contributed by atoms with Crippen molar-refractivity contribution in [3.05, 3.63) is 58.9 Å². The molecule has 0 aliphatic rings. The second-order valence-electron chi connectivity index (χ2n) is 4.41. The highest BCUT2D eigenvalue weighted by Crippen LogP contribution is 2.20. The van der Waals surface area contributed by atoms with Gasteiger partial charge in [0.15, 0.2) is 0 Å². The average molecular weight is 259 g/mol. The molecule has 0 fully saturated rings. The van der Waals surface area contributed by atoms with E-state index in [-0.39, 0.29) is 17.5 Å². The van der Waals surface area contributed by atoms with E-state index in [4.69, 9.17) is 0 Å². The maximum absolute atomic E-state index is 13.0. The van der Waals surface area contributed by atoms with Crippen LogP contribution < -0.4 is 5.32 Å². The number of phenols is 1. The van der Waals surface area contributed by atoms with Gasteiger partial charge in [-0.15, -0.1) is 0 Å². The van der Waals surface area contributed by atoms with Crippen molar-refractivity contribution in [3.8, 4) is 5.75 Å². The maximum Gasteiger partial charge on any atom is 0.255 e. The van der Waals surface area contributed by atoms with Gasteiger partial charge in [-0.05, 0) is 55.3 Å². The molecule has 98 valence electrons. The van der Waals surface area contributed by atoms with E-state index in [0.717, 1.165) is 0 Å². The van der Waals surface area contributed by atoms with Gasteiger partial charge in [-0.3, -0.25) is 4.79 Å². The van der Waals surface area contributed by atoms with Gasteiger partial charge in [-0.2, -0.15) is 0 Å². The van der Waals surface area contributed by atoms with Gasteiger partial charge in [-0.1, -0.05) is 6.07 Å². The van der Waals surface area contributed by atoms with E-state index in [2.05, 4.69) is 5.32 Å². The highest BCUT2D eigenvalue weighted by molar-refractivity contribution is 6.04. The molecule has 0 unspecified atom stereocenters. The van der Waals surface area contributed by atoms with Gasteiger partial charge in [0.2, 0.25) is 0 Å². The number of aromatic hydroxyl groups is 1. The molecular weight excluding hydrogens is 245 g/mol. The first-order valence-corrected chi connectivity index (χ1v) is 5.84. The lowest BCUT2D eigenvalue weighted by Crippen LogP contribution is -2.12. The molecule has 2 aromatic rings. The Kier molecular flexibility index (Phi) is 3.51. The fourth-order valence-electron chi connectivity index (χ4n) is 1.71. The van der Waals surface area contributed by atoms with Crippen molar-refractivity contribution in [3.63, 3.8) is 0 Å². The summed E-state index contributed by atoms with van der Waals surface area (Å²) in [6.07, 6.45) is 0. The normalized spacial score (nSPS) is 10.3. The smallest absolute Gasteiger partial charge is 0.255 e. The second kappa shape index (κ2) is 5.10. The van der Waals surface area contributed by atoms with Gasteiger partial charge >= 0.3 is 0 Å². The zero-order valence-electron chi connectivity index (χ0n) is 10.7. The summed E-state index contributed by atoms with van der Waals surface area (Å²) in [5.74, 6) is -0.614. The Bertz CT molecular complexity index is 638. The van der Waals surface area contributed by atoms with Crippen LogP contribution in [-0.2, 0) is 0 Å². The lowest BCUT2D eigenvalue weighted by molar-refractivity contribution is 0.102. The molecule has 4 heteroatoms. The van der Waals surface area contributed by atoms with Crippen LogP contribution in [-0.4, -0.2) is 11.0 Å². The van der Waals surface area contributed by atoms with Crippen LogP contribution in [0.1, 0.15) is 21.5 Å². The quantitative estimate of drug-likeness (QED) is 0.868. The number of hydrogen-bond donors (Lipinski definition) is 2. The van der Waals surface area contributed by atoms with Crippen molar-refractivity contribution in [2.75, 3.05) is 5.32 Å². The number of halogens is 1. The number of amides is 1. The zero-order valence-corrected chi connectivity index (χ0v) is 10.7. The molecule has 0 heterocycles. The number of aryl methyl sites for hydroxylation is 2. The first-order chi connectivity index (χ1) is 8.97. The van der Waals surface area contributed by atoms with Gasteiger partial charge < -0.3 is 10.4 Å². The molecule has 19 heavy (non-hydrogen) atoms. The summed E-state index contributed by atoms with van der Waals surface area (Å²) < 4.78 is 13.0. The minimum Gasteiger partial charge on any atom is -0.508 e. The largest absolute Gasteiger partial charge is 0.508 e. The van der Waals surface area contributed by atoms with E-state index in [1.807, 2.05) is 0 Å². The van der Waals surface area contributed by atoms with Crippen LogP contribution in [0.2, 0.25) is 0 Å². The van der Waals surface area contributed by atoms with Crippen molar-refractivity contribution < 1.29 is 14.3 Å². The molecule has 1 amide bonds. The summed E-state index contributed by atoms with van der Waals surface area (Å²) in [6.45, 7) is 3.46. The van der Waals surface area contributed by atoms with Gasteiger partial charge in [0, 0.05) is 11.3 Å². The predicted octanol–water partition coefficient (Wildman–Crippen LogP) is 3.40. The van der Waals surface area contributed by atoms with Crippen molar-refractivity contribution >= 4 is 11.6 Å². The molecule has 2 rings (SSSR count). The molecule has 0 saturated carbocycles. The summed E-state index contributed by atoms with van der Waals surface area (Å²) in [5.41, 5.74) is 2.25. The lowest BCUT2D eigenvalue weighted by atomic mass is 10.1. The highest BCUT2D eigenvalue weighted by atomic mass is 19.1. The Morgan fingerprint density at radius 3 is 2.47 bits per heavy atom. The van der Waals surface area contributed by atoms with E-state index in [1.54, 1.807) is 26.0 Å². The number of carbonyl (C=O) groups is 1. The Hall–Kier alpha value is -2.36. The van der Waals surface area contributed by atoms with Crippen molar-refractivity contribution in [1.29, 1.82) is 0 Å². The SMILES string of the molecule is Cc1ccc(C(=O)Nc2ccc(F)cc2C)cc1O. The standard InChI is InChI=1S/C15H14FNO2/c1-9-3-4-11(8-14(9)18)15(19)17-13-6-5-12(16)7-10(13)2/h3-8,18H,1-2H3,(H,17,19). The Morgan fingerprint density at radius 2 is 1.84 bits per heavy atom. The third kappa shape index (κ3) is 2.91. The van der Waals surface area contributed by atoms with Crippen LogP contribution in [0.25, 0.3) is 0 Å². The van der Waals surface area contributed by atoms with Gasteiger partial charge in [0.1, 0.15) is 11.6 Å². The van der Waals surface area contributed by atoms with Crippen molar-refractivity contribution in [2.24, 2.45) is 0 Å². The fourth-order valence-corrected chi connectivity index (χ4v) is 1.71. The molecule has 0 saturated heterocycles. The fraction of sp³-hybridized carbons (Fsp3) is 0.133. The minimum absolute atomic E-state index is 0.0727. The minimum atomic E-state index is -0.344. The predicted molar refractivity (Wildman–Crippen MR) is 71.9 cm³/mol. The summed E-state index contributed by atoms with van der Waals surface area (Å²) in [5, 5.41) is 12.3.